The summed E-state index contributed by atoms with van der Waals surface area (Å²) in [5, 5.41) is 13.9. The lowest BCUT2D eigenvalue weighted by atomic mass is 10.1. The summed E-state index contributed by atoms with van der Waals surface area (Å²) in [4.78, 5) is 30.8. The zero-order valence-corrected chi connectivity index (χ0v) is 11.8. The van der Waals surface area contributed by atoms with Gasteiger partial charge in [0, 0.05) is 30.2 Å². The number of rotatable bonds is 4. The fourth-order valence-corrected chi connectivity index (χ4v) is 2.06. The average Bonchev–Trinajstić information content (AvgIpc) is 3.09. The lowest BCUT2D eigenvalue weighted by Crippen LogP contribution is -2.13. The number of hydrogen-bond acceptors (Lipinski definition) is 5. The Morgan fingerprint density at radius 1 is 1.22 bits per heavy atom. The van der Waals surface area contributed by atoms with Gasteiger partial charge in [0.2, 0.25) is 0 Å². The molecular weight excluding hydrogens is 298 g/mol. The maximum atomic E-state index is 12.2. The summed E-state index contributed by atoms with van der Waals surface area (Å²) >= 11 is 0. The average molecular weight is 309 g/mol. The number of anilines is 1. The highest BCUT2D eigenvalue weighted by Crippen LogP contribution is 2.24. The molecule has 0 aliphatic rings. The van der Waals surface area contributed by atoms with Crippen molar-refractivity contribution in [1.82, 2.24) is 14.5 Å². The number of benzene rings is 1. The quantitative estimate of drug-likeness (QED) is 0.589. The minimum absolute atomic E-state index is 0.172. The van der Waals surface area contributed by atoms with Crippen molar-refractivity contribution in [2.45, 2.75) is 0 Å². The molecule has 0 aliphatic heterocycles. The molecular formula is C15H11N5O3. The van der Waals surface area contributed by atoms with Crippen LogP contribution < -0.4 is 5.32 Å². The number of carbonyl (C=O) groups excluding carboxylic acids is 1. The van der Waals surface area contributed by atoms with Gasteiger partial charge in [-0.05, 0) is 24.3 Å². The number of imidazole rings is 1. The molecule has 2 aromatic heterocycles. The van der Waals surface area contributed by atoms with Crippen molar-refractivity contribution in [3.05, 3.63) is 77.0 Å². The van der Waals surface area contributed by atoms with Gasteiger partial charge in [0.25, 0.3) is 11.6 Å². The van der Waals surface area contributed by atoms with Crippen LogP contribution in [0.1, 0.15) is 10.4 Å². The van der Waals surface area contributed by atoms with Gasteiger partial charge in [0.1, 0.15) is 11.5 Å². The highest BCUT2D eigenvalue weighted by atomic mass is 16.6. The van der Waals surface area contributed by atoms with Gasteiger partial charge in [-0.25, -0.2) is 9.97 Å². The number of nitro benzene ring substituents is 1. The van der Waals surface area contributed by atoms with Crippen LogP contribution in [-0.4, -0.2) is 25.4 Å². The van der Waals surface area contributed by atoms with E-state index in [4.69, 9.17) is 0 Å². The summed E-state index contributed by atoms with van der Waals surface area (Å²) < 4.78 is 1.51. The van der Waals surface area contributed by atoms with Crippen molar-refractivity contribution in [3.63, 3.8) is 0 Å². The Labute approximate surface area is 130 Å². The maximum absolute atomic E-state index is 12.2. The van der Waals surface area contributed by atoms with E-state index in [0.717, 1.165) is 0 Å². The zero-order chi connectivity index (χ0) is 16.2. The zero-order valence-electron chi connectivity index (χ0n) is 11.8. The fourth-order valence-electron chi connectivity index (χ4n) is 2.06. The molecule has 3 aromatic rings. The standard InChI is InChI=1S/C15H11N5O3/c21-15(18-14-3-1-2-6-17-14)11-4-5-12(13(9-11)20(22)23)19-8-7-16-10-19/h1-10H,(H,17,18,21). The van der Waals surface area contributed by atoms with E-state index in [1.807, 2.05) is 0 Å². The number of nitro groups is 1. The van der Waals surface area contributed by atoms with Gasteiger partial charge in [-0.1, -0.05) is 6.07 Å². The third-order valence-electron chi connectivity index (χ3n) is 3.12. The van der Waals surface area contributed by atoms with Crippen molar-refractivity contribution in [1.29, 1.82) is 0 Å². The molecule has 1 N–H and O–H groups in total. The molecule has 8 heteroatoms. The van der Waals surface area contributed by atoms with E-state index in [2.05, 4.69) is 15.3 Å². The van der Waals surface area contributed by atoms with Gasteiger partial charge in [0.05, 0.1) is 11.3 Å². The van der Waals surface area contributed by atoms with Gasteiger partial charge >= 0.3 is 0 Å². The molecule has 0 aliphatic carbocycles. The van der Waals surface area contributed by atoms with E-state index in [9.17, 15) is 14.9 Å². The second-order valence-electron chi connectivity index (χ2n) is 4.60. The normalized spacial score (nSPS) is 10.3. The predicted octanol–water partition coefficient (Wildman–Crippen LogP) is 2.43. The van der Waals surface area contributed by atoms with E-state index < -0.39 is 10.8 Å². The second kappa shape index (κ2) is 6.06. The first-order chi connectivity index (χ1) is 11.1. The third-order valence-corrected chi connectivity index (χ3v) is 3.12. The van der Waals surface area contributed by atoms with Crippen molar-refractivity contribution in [2.24, 2.45) is 0 Å². The molecule has 0 fully saturated rings. The molecule has 0 saturated heterocycles. The Morgan fingerprint density at radius 2 is 2.09 bits per heavy atom. The number of pyridine rings is 1. The van der Waals surface area contributed by atoms with Crippen LogP contribution in [0, 0.1) is 10.1 Å². The first kappa shape index (κ1) is 14.4. The largest absolute Gasteiger partial charge is 0.307 e. The highest BCUT2D eigenvalue weighted by Gasteiger charge is 2.19. The Morgan fingerprint density at radius 3 is 2.74 bits per heavy atom. The van der Waals surface area contributed by atoms with Crippen LogP contribution in [0.15, 0.2) is 61.3 Å². The third kappa shape index (κ3) is 3.05. The molecule has 8 nitrogen and oxygen atoms in total. The van der Waals surface area contributed by atoms with Crippen LogP contribution in [0.2, 0.25) is 0 Å². The molecule has 0 saturated carbocycles. The summed E-state index contributed by atoms with van der Waals surface area (Å²) in [6, 6.07) is 9.33. The van der Waals surface area contributed by atoms with E-state index in [1.165, 1.54) is 35.3 Å². The van der Waals surface area contributed by atoms with Crippen LogP contribution >= 0.6 is 0 Å². The molecule has 2 heterocycles. The molecule has 0 atom stereocenters. The lowest BCUT2D eigenvalue weighted by molar-refractivity contribution is -0.384. The first-order valence-corrected chi connectivity index (χ1v) is 6.64. The van der Waals surface area contributed by atoms with Crippen molar-refractivity contribution in [3.8, 4) is 5.69 Å². The highest BCUT2D eigenvalue weighted by molar-refractivity contribution is 6.04. The number of nitrogens with one attached hydrogen (secondary N) is 1. The van der Waals surface area contributed by atoms with Crippen molar-refractivity contribution in [2.75, 3.05) is 5.32 Å². The molecule has 114 valence electrons. The minimum atomic E-state index is -0.535. The molecule has 1 amide bonds. The fraction of sp³-hybridized carbons (Fsp3) is 0. The van der Waals surface area contributed by atoms with E-state index >= 15 is 0 Å². The van der Waals surface area contributed by atoms with Crippen LogP contribution in [0.5, 0.6) is 0 Å². The lowest BCUT2D eigenvalue weighted by Gasteiger charge is -2.07. The van der Waals surface area contributed by atoms with Crippen molar-refractivity contribution < 1.29 is 9.72 Å². The van der Waals surface area contributed by atoms with Gasteiger partial charge < -0.3 is 9.88 Å². The smallest absolute Gasteiger partial charge is 0.294 e. The molecule has 23 heavy (non-hydrogen) atoms. The molecule has 0 unspecified atom stereocenters. The van der Waals surface area contributed by atoms with Gasteiger partial charge in [-0.2, -0.15) is 0 Å². The minimum Gasteiger partial charge on any atom is -0.307 e. The summed E-state index contributed by atoms with van der Waals surface area (Å²) in [7, 11) is 0. The predicted molar refractivity (Wildman–Crippen MR) is 82.4 cm³/mol. The number of carbonyl (C=O) groups is 1. The molecule has 0 radical (unpaired) electrons. The van der Waals surface area contributed by atoms with Crippen LogP contribution in [0.3, 0.4) is 0 Å². The number of amides is 1. The molecule has 3 rings (SSSR count). The Balaban J connectivity index is 1.93. The first-order valence-electron chi connectivity index (χ1n) is 6.64. The SMILES string of the molecule is O=C(Nc1ccccn1)c1ccc(-n2ccnc2)c([N+](=O)[O-])c1. The Hall–Kier alpha value is -3.55. The Kier molecular flexibility index (Phi) is 3.79. The van der Waals surface area contributed by atoms with Gasteiger partial charge in [0.15, 0.2) is 0 Å². The molecule has 0 spiro atoms. The summed E-state index contributed by atoms with van der Waals surface area (Å²) in [6.07, 6.45) is 6.11. The maximum Gasteiger partial charge on any atom is 0.294 e. The van der Waals surface area contributed by atoms with Crippen LogP contribution in [0.25, 0.3) is 5.69 Å². The van der Waals surface area contributed by atoms with Crippen LogP contribution in [-0.2, 0) is 0 Å². The topological polar surface area (TPSA) is 103 Å². The summed E-state index contributed by atoms with van der Waals surface area (Å²) in [5.41, 5.74) is 0.324. The number of nitrogens with zero attached hydrogens (tertiary/aromatic N) is 4. The monoisotopic (exact) mass is 309 g/mol. The van der Waals surface area contributed by atoms with E-state index in [0.29, 0.717) is 11.5 Å². The molecule has 1 aromatic carbocycles. The van der Waals surface area contributed by atoms with Gasteiger partial charge in [-0.15, -0.1) is 0 Å². The number of hydrogen-bond donors (Lipinski definition) is 1. The van der Waals surface area contributed by atoms with Crippen LogP contribution in [0.4, 0.5) is 11.5 Å². The Bertz CT molecular complexity index is 847. The summed E-state index contributed by atoms with van der Waals surface area (Å²) in [5.74, 6) is -0.0946. The second-order valence-corrected chi connectivity index (χ2v) is 4.60. The van der Waals surface area contributed by atoms with E-state index in [1.54, 1.807) is 30.6 Å². The van der Waals surface area contributed by atoms with Gasteiger partial charge in [-0.3, -0.25) is 14.9 Å². The van der Waals surface area contributed by atoms with E-state index in [-0.39, 0.29) is 11.3 Å². The number of aromatic nitrogens is 3. The molecule has 0 bridgehead atoms. The van der Waals surface area contributed by atoms with Crippen molar-refractivity contribution >= 4 is 17.4 Å². The summed E-state index contributed by atoms with van der Waals surface area (Å²) in [6.45, 7) is 0.